The zero-order valence-electron chi connectivity index (χ0n) is 16.4. The van der Waals surface area contributed by atoms with Crippen LogP contribution < -0.4 is 0 Å². The molecule has 0 saturated heterocycles. The standard InChI is InChI=1S/C24H30Cl2/c1-16(2)18-8-10-19(11-9-18)24(12-6-5-7-13-24)20-14-21(25)23(17(3)4)22(26)15-20/h8-11,14-17H,5-7,12-13H2,1-4H3. The van der Waals surface area contributed by atoms with Crippen LogP contribution in [0.1, 0.15) is 93.9 Å². The van der Waals surface area contributed by atoms with Crippen LogP contribution in [0.5, 0.6) is 0 Å². The van der Waals surface area contributed by atoms with Crippen molar-refractivity contribution in [1.29, 1.82) is 0 Å². The Morgan fingerprint density at radius 3 is 1.73 bits per heavy atom. The lowest BCUT2D eigenvalue weighted by Crippen LogP contribution is -2.30. The van der Waals surface area contributed by atoms with E-state index in [2.05, 4.69) is 64.1 Å². The summed E-state index contributed by atoms with van der Waals surface area (Å²) in [5.74, 6) is 0.886. The van der Waals surface area contributed by atoms with Crippen LogP contribution in [-0.4, -0.2) is 0 Å². The van der Waals surface area contributed by atoms with Gasteiger partial charge in [0, 0.05) is 15.5 Å². The van der Waals surface area contributed by atoms with Crippen LogP contribution in [0.15, 0.2) is 36.4 Å². The van der Waals surface area contributed by atoms with Gasteiger partial charge in [-0.1, -0.05) is 94.4 Å². The molecule has 3 rings (SSSR count). The molecule has 0 aliphatic heterocycles. The van der Waals surface area contributed by atoms with Crippen molar-refractivity contribution in [2.75, 3.05) is 0 Å². The topological polar surface area (TPSA) is 0 Å². The van der Waals surface area contributed by atoms with Crippen LogP contribution in [-0.2, 0) is 5.41 Å². The van der Waals surface area contributed by atoms with Crippen molar-refractivity contribution in [3.63, 3.8) is 0 Å². The van der Waals surface area contributed by atoms with Crippen LogP contribution in [0.3, 0.4) is 0 Å². The van der Waals surface area contributed by atoms with Gasteiger partial charge < -0.3 is 0 Å². The van der Waals surface area contributed by atoms with E-state index in [-0.39, 0.29) is 5.41 Å². The number of hydrogen-bond acceptors (Lipinski definition) is 0. The van der Waals surface area contributed by atoms with Crippen LogP contribution in [0.2, 0.25) is 10.0 Å². The summed E-state index contributed by atoms with van der Waals surface area (Å²) in [5, 5.41) is 1.62. The second-order valence-electron chi connectivity index (χ2n) is 8.43. The number of halogens is 2. The first-order chi connectivity index (χ1) is 12.3. The third kappa shape index (κ3) is 3.69. The van der Waals surface area contributed by atoms with E-state index < -0.39 is 0 Å². The summed E-state index contributed by atoms with van der Waals surface area (Å²) >= 11 is 13.4. The summed E-state index contributed by atoms with van der Waals surface area (Å²) < 4.78 is 0. The van der Waals surface area contributed by atoms with Gasteiger partial charge in [-0.25, -0.2) is 0 Å². The largest absolute Gasteiger partial charge is 0.0840 e. The maximum atomic E-state index is 6.68. The minimum absolute atomic E-state index is 0.0382. The summed E-state index contributed by atoms with van der Waals surface area (Å²) in [6.07, 6.45) is 6.17. The normalized spacial score (nSPS) is 17.1. The lowest BCUT2D eigenvalue weighted by atomic mass is 9.65. The van der Waals surface area contributed by atoms with Crippen molar-refractivity contribution in [2.24, 2.45) is 0 Å². The summed E-state index contributed by atoms with van der Waals surface area (Å²) in [6, 6.07) is 13.6. The summed E-state index contributed by atoms with van der Waals surface area (Å²) in [7, 11) is 0. The Balaban J connectivity index is 2.11. The third-order valence-electron chi connectivity index (χ3n) is 6.05. The number of hydrogen-bond donors (Lipinski definition) is 0. The average Bonchev–Trinajstić information content (AvgIpc) is 2.61. The van der Waals surface area contributed by atoms with Crippen molar-refractivity contribution in [1.82, 2.24) is 0 Å². The van der Waals surface area contributed by atoms with Gasteiger partial charge in [-0.05, 0) is 59.1 Å². The average molecular weight is 389 g/mol. The fourth-order valence-corrected chi connectivity index (χ4v) is 5.42. The van der Waals surface area contributed by atoms with Crippen LogP contribution in [0.25, 0.3) is 0 Å². The van der Waals surface area contributed by atoms with E-state index in [1.54, 1.807) is 0 Å². The molecule has 0 radical (unpaired) electrons. The molecular formula is C24H30Cl2. The highest BCUT2D eigenvalue weighted by molar-refractivity contribution is 6.36. The SMILES string of the molecule is CC(C)c1ccc(C2(c3cc(Cl)c(C(C)C)c(Cl)c3)CCCCC2)cc1. The monoisotopic (exact) mass is 388 g/mol. The zero-order chi connectivity index (χ0) is 18.9. The molecule has 0 unspecified atom stereocenters. The molecule has 1 fully saturated rings. The van der Waals surface area contributed by atoms with E-state index in [4.69, 9.17) is 23.2 Å². The van der Waals surface area contributed by atoms with Crippen molar-refractivity contribution in [3.8, 4) is 0 Å². The molecule has 0 aromatic heterocycles. The summed E-state index contributed by atoms with van der Waals surface area (Å²) in [6.45, 7) is 8.78. The van der Waals surface area contributed by atoms with Gasteiger partial charge in [0.25, 0.3) is 0 Å². The first-order valence-electron chi connectivity index (χ1n) is 9.95. The first kappa shape index (κ1) is 19.8. The fourth-order valence-electron chi connectivity index (χ4n) is 4.50. The molecule has 0 nitrogen and oxygen atoms in total. The Morgan fingerprint density at radius 2 is 1.27 bits per heavy atom. The predicted molar refractivity (Wildman–Crippen MR) is 115 cm³/mol. The van der Waals surface area contributed by atoms with E-state index in [1.165, 1.54) is 48.8 Å². The molecule has 2 heteroatoms. The molecule has 0 heterocycles. The van der Waals surface area contributed by atoms with Gasteiger partial charge in [-0.3, -0.25) is 0 Å². The Hall–Kier alpha value is -0.980. The van der Waals surface area contributed by atoms with Crippen LogP contribution in [0.4, 0.5) is 0 Å². The van der Waals surface area contributed by atoms with Gasteiger partial charge in [0.2, 0.25) is 0 Å². The van der Waals surface area contributed by atoms with Gasteiger partial charge >= 0.3 is 0 Å². The second-order valence-corrected chi connectivity index (χ2v) is 9.24. The number of rotatable bonds is 4. The Kier molecular flexibility index (Phi) is 6.04. The molecule has 2 aromatic rings. The molecule has 26 heavy (non-hydrogen) atoms. The molecule has 0 spiro atoms. The van der Waals surface area contributed by atoms with Crippen molar-refractivity contribution >= 4 is 23.2 Å². The summed E-state index contributed by atoms with van der Waals surface area (Å²) in [5.41, 5.74) is 5.19. The van der Waals surface area contributed by atoms with E-state index in [0.29, 0.717) is 11.8 Å². The molecule has 0 N–H and O–H groups in total. The predicted octanol–water partition coefficient (Wildman–Crippen LogP) is 8.49. The fraction of sp³-hybridized carbons (Fsp3) is 0.500. The molecule has 0 amide bonds. The van der Waals surface area contributed by atoms with E-state index in [9.17, 15) is 0 Å². The molecule has 2 aromatic carbocycles. The maximum Gasteiger partial charge on any atom is 0.0458 e. The molecule has 1 saturated carbocycles. The van der Waals surface area contributed by atoms with Crippen LogP contribution in [0, 0.1) is 0 Å². The Labute approximate surface area is 168 Å². The third-order valence-corrected chi connectivity index (χ3v) is 6.67. The van der Waals surface area contributed by atoms with Crippen molar-refractivity contribution < 1.29 is 0 Å². The Bertz CT molecular complexity index is 727. The minimum atomic E-state index is 0.0382. The first-order valence-corrected chi connectivity index (χ1v) is 10.7. The van der Waals surface area contributed by atoms with Gasteiger partial charge in [0.15, 0.2) is 0 Å². The van der Waals surface area contributed by atoms with Crippen LogP contribution >= 0.6 is 23.2 Å². The lowest BCUT2D eigenvalue weighted by molar-refractivity contribution is 0.346. The molecular weight excluding hydrogens is 359 g/mol. The van der Waals surface area contributed by atoms with E-state index >= 15 is 0 Å². The van der Waals surface area contributed by atoms with Crippen molar-refractivity contribution in [3.05, 3.63) is 68.7 Å². The second kappa shape index (κ2) is 7.95. The molecule has 140 valence electrons. The van der Waals surface area contributed by atoms with Crippen molar-refractivity contribution in [2.45, 2.75) is 77.0 Å². The molecule has 1 aliphatic rings. The lowest BCUT2D eigenvalue weighted by Gasteiger charge is -2.39. The van der Waals surface area contributed by atoms with E-state index in [1.807, 2.05) is 0 Å². The van der Waals surface area contributed by atoms with Gasteiger partial charge in [-0.15, -0.1) is 0 Å². The van der Waals surface area contributed by atoms with Gasteiger partial charge in [0.1, 0.15) is 0 Å². The highest BCUT2D eigenvalue weighted by Crippen LogP contribution is 2.47. The number of benzene rings is 2. The van der Waals surface area contributed by atoms with E-state index in [0.717, 1.165) is 15.6 Å². The highest BCUT2D eigenvalue weighted by atomic mass is 35.5. The smallest absolute Gasteiger partial charge is 0.0458 e. The molecule has 0 atom stereocenters. The van der Waals surface area contributed by atoms with Gasteiger partial charge in [0.05, 0.1) is 0 Å². The maximum absolute atomic E-state index is 6.68. The Morgan fingerprint density at radius 1 is 0.731 bits per heavy atom. The van der Waals surface area contributed by atoms with Gasteiger partial charge in [-0.2, -0.15) is 0 Å². The highest BCUT2D eigenvalue weighted by Gasteiger charge is 2.36. The zero-order valence-corrected chi connectivity index (χ0v) is 17.9. The molecule has 1 aliphatic carbocycles. The minimum Gasteiger partial charge on any atom is -0.0840 e. The molecule has 0 bridgehead atoms. The summed E-state index contributed by atoms with van der Waals surface area (Å²) in [4.78, 5) is 0. The quantitative estimate of drug-likeness (QED) is 0.492.